The van der Waals surface area contributed by atoms with Crippen LogP contribution in [0, 0.1) is 5.92 Å². The SMILES string of the molecule is CCCC1CC1NC(=O)Nc1ccc(C(C)O)cc1. The molecule has 0 aromatic heterocycles. The molecule has 2 amide bonds. The quantitative estimate of drug-likeness (QED) is 0.763. The van der Waals surface area contributed by atoms with Gasteiger partial charge in [-0.1, -0.05) is 25.5 Å². The average molecular weight is 262 g/mol. The van der Waals surface area contributed by atoms with Crippen molar-refractivity contribution in [2.75, 3.05) is 5.32 Å². The van der Waals surface area contributed by atoms with E-state index in [1.54, 1.807) is 19.1 Å². The van der Waals surface area contributed by atoms with Gasteiger partial charge in [0.1, 0.15) is 0 Å². The fraction of sp³-hybridized carbons (Fsp3) is 0.533. The lowest BCUT2D eigenvalue weighted by atomic mass is 10.1. The van der Waals surface area contributed by atoms with Crippen LogP contribution in [0.2, 0.25) is 0 Å². The van der Waals surface area contributed by atoms with E-state index in [-0.39, 0.29) is 6.03 Å². The monoisotopic (exact) mass is 262 g/mol. The van der Waals surface area contributed by atoms with Crippen LogP contribution in [0.3, 0.4) is 0 Å². The molecule has 0 spiro atoms. The van der Waals surface area contributed by atoms with Gasteiger partial charge < -0.3 is 15.7 Å². The minimum absolute atomic E-state index is 0.145. The van der Waals surface area contributed by atoms with Crippen molar-refractivity contribution in [1.29, 1.82) is 0 Å². The zero-order valence-corrected chi connectivity index (χ0v) is 11.5. The first kappa shape index (κ1) is 13.9. The Balaban J connectivity index is 1.79. The Bertz CT molecular complexity index is 428. The lowest BCUT2D eigenvalue weighted by molar-refractivity contribution is 0.199. The molecule has 0 heterocycles. The highest BCUT2D eigenvalue weighted by molar-refractivity contribution is 5.89. The molecule has 0 bridgehead atoms. The molecule has 1 fully saturated rings. The van der Waals surface area contributed by atoms with E-state index in [9.17, 15) is 9.90 Å². The van der Waals surface area contributed by atoms with E-state index >= 15 is 0 Å². The van der Waals surface area contributed by atoms with Crippen molar-refractivity contribution < 1.29 is 9.90 Å². The zero-order chi connectivity index (χ0) is 13.8. The number of rotatable bonds is 5. The second-order valence-electron chi connectivity index (χ2n) is 5.29. The number of urea groups is 1. The van der Waals surface area contributed by atoms with Crippen LogP contribution in [0.25, 0.3) is 0 Å². The molecule has 3 N–H and O–H groups in total. The summed E-state index contributed by atoms with van der Waals surface area (Å²) >= 11 is 0. The van der Waals surface area contributed by atoms with Gasteiger partial charge in [-0.3, -0.25) is 0 Å². The molecule has 1 saturated carbocycles. The van der Waals surface area contributed by atoms with Gasteiger partial charge >= 0.3 is 6.03 Å². The fourth-order valence-corrected chi connectivity index (χ4v) is 2.29. The smallest absolute Gasteiger partial charge is 0.319 e. The van der Waals surface area contributed by atoms with Crippen molar-refractivity contribution in [1.82, 2.24) is 5.32 Å². The summed E-state index contributed by atoms with van der Waals surface area (Å²) in [4.78, 5) is 11.8. The molecule has 1 aliphatic rings. The van der Waals surface area contributed by atoms with Crippen molar-refractivity contribution in [2.24, 2.45) is 5.92 Å². The molecule has 1 aliphatic carbocycles. The largest absolute Gasteiger partial charge is 0.389 e. The maximum Gasteiger partial charge on any atom is 0.319 e. The van der Waals surface area contributed by atoms with E-state index in [4.69, 9.17) is 0 Å². The number of hydrogen-bond acceptors (Lipinski definition) is 2. The maximum absolute atomic E-state index is 11.8. The molecule has 104 valence electrons. The number of carbonyl (C=O) groups excluding carboxylic acids is 1. The van der Waals surface area contributed by atoms with Crippen LogP contribution in [-0.2, 0) is 0 Å². The minimum Gasteiger partial charge on any atom is -0.389 e. The summed E-state index contributed by atoms with van der Waals surface area (Å²) in [6, 6.07) is 7.44. The molecular formula is C15H22N2O2. The first-order chi connectivity index (χ1) is 9.10. The predicted octanol–water partition coefficient (Wildman–Crippen LogP) is 3.05. The number of amides is 2. The molecule has 1 aromatic carbocycles. The van der Waals surface area contributed by atoms with Crippen LogP contribution in [0.5, 0.6) is 0 Å². The van der Waals surface area contributed by atoms with Crippen LogP contribution in [0.15, 0.2) is 24.3 Å². The molecule has 3 atom stereocenters. The van der Waals surface area contributed by atoms with Gasteiger partial charge in [0, 0.05) is 11.7 Å². The number of aliphatic hydroxyl groups excluding tert-OH is 1. The van der Waals surface area contributed by atoms with E-state index in [0.29, 0.717) is 12.0 Å². The third kappa shape index (κ3) is 3.96. The van der Waals surface area contributed by atoms with Crippen LogP contribution >= 0.6 is 0 Å². The second kappa shape index (κ2) is 6.06. The molecule has 0 saturated heterocycles. The van der Waals surface area contributed by atoms with E-state index in [2.05, 4.69) is 17.6 Å². The molecule has 3 unspecified atom stereocenters. The predicted molar refractivity (Wildman–Crippen MR) is 76.0 cm³/mol. The Morgan fingerprint density at radius 1 is 1.42 bits per heavy atom. The van der Waals surface area contributed by atoms with Crippen LogP contribution < -0.4 is 10.6 Å². The van der Waals surface area contributed by atoms with Gasteiger partial charge in [0.2, 0.25) is 0 Å². The molecule has 4 heteroatoms. The van der Waals surface area contributed by atoms with Crippen molar-refractivity contribution in [3.63, 3.8) is 0 Å². The van der Waals surface area contributed by atoms with Gasteiger partial charge in [-0.2, -0.15) is 0 Å². The van der Waals surface area contributed by atoms with Gasteiger partial charge in [-0.25, -0.2) is 4.79 Å². The summed E-state index contributed by atoms with van der Waals surface area (Å²) in [7, 11) is 0. The number of anilines is 1. The average Bonchev–Trinajstić information content (AvgIpc) is 3.08. The van der Waals surface area contributed by atoms with Crippen LogP contribution in [0.1, 0.15) is 44.8 Å². The van der Waals surface area contributed by atoms with E-state index < -0.39 is 6.10 Å². The van der Waals surface area contributed by atoms with Gasteiger partial charge in [-0.05, 0) is 43.4 Å². The number of benzene rings is 1. The van der Waals surface area contributed by atoms with Gasteiger partial charge in [0.05, 0.1) is 6.10 Å². The Labute approximate surface area is 114 Å². The fourth-order valence-electron chi connectivity index (χ4n) is 2.29. The van der Waals surface area contributed by atoms with Gasteiger partial charge in [-0.15, -0.1) is 0 Å². The highest BCUT2D eigenvalue weighted by Crippen LogP contribution is 2.34. The first-order valence-electron chi connectivity index (χ1n) is 6.95. The van der Waals surface area contributed by atoms with Crippen molar-refractivity contribution in [3.8, 4) is 0 Å². The summed E-state index contributed by atoms with van der Waals surface area (Å²) in [5.41, 5.74) is 1.59. The summed E-state index contributed by atoms with van der Waals surface area (Å²) in [5, 5.41) is 15.2. The Morgan fingerprint density at radius 2 is 2.11 bits per heavy atom. The molecule has 0 aliphatic heterocycles. The van der Waals surface area contributed by atoms with E-state index in [0.717, 1.165) is 17.7 Å². The van der Waals surface area contributed by atoms with Crippen LogP contribution in [-0.4, -0.2) is 17.2 Å². The van der Waals surface area contributed by atoms with Crippen molar-refractivity contribution in [2.45, 2.75) is 45.3 Å². The number of hydrogen-bond donors (Lipinski definition) is 3. The Kier molecular flexibility index (Phi) is 4.43. The standard InChI is InChI=1S/C15H22N2O2/c1-3-4-12-9-14(12)17-15(19)16-13-7-5-11(6-8-13)10(2)18/h5-8,10,12,14,18H,3-4,9H2,1-2H3,(H2,16,17,19). The van der Waals surface area contributed by atoms with E-state index in [1.165, 1.54) is 12.8 Å². The summed E-state index contributed by atoms with van der Waals surface area (Å²) in [6.45, 7) is 3.88. The Hall–Kier alpha value is -1.55. The maximum atomic E-state index is 11.8. The lowest BCUT2D eigenvalue weighted by Gasteiger charge is -2.09. The molecule has 0 radical (unpaired) electrons. The summed E-state index contributed by atoms with van der Waals surface area (Å²) < 4.78 is 0. The van der Waals surface area contributed by atoms with Crippen molar-refractivity contribution in [3.05, 3.63) is 29.8 Å². The van der Waals surface area contributed by atoms with E-state index in [1.807, 2.05) is 12.1 Å². The number of carbonyl (C=O) groups is 1. The van der Waals surface area contributed by atoms with Gasteiger partial charge in [0.15, 0.2) is 0 Å². The number of nitrogens with one attached hydrogen (secondary N) is 2. The molecule has 2 rings (SSSR count). The highest BCUT2D eigenvalue weighted by atomic mass is 16.3. The zero-order valence-electron chi connectivity index (χ0n) is 11.5. The lowest BCUT2D eigenvalue weighted by Crippen LogP contribution is -2.31. The summed E-state index contributed by atoms with van der Waals surface area (Å²) in [6.07, 6.45) is 2.98. The topological polar surface area (TPSA) is 61.4 Å². The summed E-state index contributed by atoms with van der Waals surface area (Å²) in [5.74, 6) is 0.661. The van der Waals surface area contributed by atoms with Crippen molar-refractivity contribution >= 4 is 11.7 Å². The molecule has 1 aromatic rings. The minimum atomic E-state index is -0.482. The molecule has 4 nitrogen and oxygen atoms in total. The third-order valence-corrected chi connectivity index (χ3v) is 3.55. The third-order valence-electron chi connectivity index (χ3n) is 3.55. The Morgan fingerprint density at radius 3 is 2.68 bits per heavy atom. The van der Waals surface area contributed by atoms with Crippen LogP contribution in [0.4, 0.5) is 10.5 Å². The molecular weight excluding hydrogens is 240 g/mol. The first-order valence-corrected chi connectivity index (χ1v) is 6.95. The number of aliphatic hydroxyl groups is 1. The van der Waals surface area contributed by atoms with Gasteiger partial charge in [0.25, 0.3) is 0 Å². The highest BCUT2D eigenvalue weighted by Gasteiger charge is 2.37. The normalized spacial score (nSPS) is 22.7. The second-order valence-corrected chi connectivity index (χ2v) is 5.29. The molecule has 19 heavy (non-hydrogen) atoms.